The van der Waals surface area contributed by atoms with Crippen molar-refractivity contribution in [2.75, 3.05) is 13.6 Å². The molecule has 0 aliphatic heterocycles. The molecule has 0 saturated heterocycles. The first-order chi connectivity index (χ1) is 9.31. The zero-order valence-electron chi connectivity index (χ0n) is 12.6. The Morgan fingerprint density at radius 3 is 2.57 bits per heavy atom. The summed E-state index contributed by atoms with van der Waals surface area (Å²) in [4.78, 5) is 13.7. The molecule has 120 valence electrons. The van der Waals surface area contributed by atoms with Crippen molar-refractivity contribution in [3.05, 3.63) is 34.1 Å². The zero-order chi connectivity index (χ0) is 15.3. The highest BCUT2D eigenvalue weighted by Crippen LogP contribution is 2.17. The van der Waals surface area contributed by atoms with Crippen LogP contribution >= 0.6 is 28.3 Å². The number of hydrogen-bond donors (Lipinski definition) is 1. The van der Waals surface area contributed by atoms with E-state index in [0.29, 0.717) is 16.9 Å². The maximum absolute atomic E-state index is 13.1. The SMILES string of the molecule is CC(C)C(N)CCN(C)C(=O)Cc1ccc(F)c(Br)c1.Cl. The van der Waals surface area contributed by atoms with E-state index in [1.165, 1.54) is 6.07 Å². The van der Waals surface area contributed by atoms with Crippen LogP contribution in [0.25, 0.3) is 0 Å². The number of benzene rings is 1. The molecule has 0 aliphatic rings. The molecule has 1 amide bonds. The highest BCUT2D eigenvalue weighted by atomic mass is 79.9. The quantitative estimate of drug-likeness (QED) is 0.821. The normalized spacial score (nSPS) is 12.0. The van der Waals surface area contributed by atoms with E-state index in [-0.39, 0.29) is 36.6 Å². The second-order valence-corrected chi connectivity index (χ2v) is 6.29. The van der Waals surface area contributed by atoms with Crippen molar-refractivity contribution in [3.63, 3.8) is 0 Å². The first kappa shape index (κ1) is 20.3. The minimum Gasteiger partial charge on any atom is -0.345 e. The molecule has 0 fully saturated rings. The van der Waals surface area contributed by atoms with Gasteiger partial charge in [-0.3, -0.25) is 4.79 Å². The number of hydrogen-bond acceptors (Lipinski definition) is 2. The third-order valence-electron chi connectivity index (χ3n) is 3.42. The van der Waals surface area contributed by atoms with Crippen LogP contribution in [0.15, 0.2) is 22.7 Å². The van der Waals surface area contributed by atoms with Crippen molar-refractivity contribution in [3.8, 4) is 0 Å². The summed E-state index contributed by atoms with van der Waals surface area (Å²) in [6.45, 7) is 4.78. The molecule has 1 atom stereocenters. The van der Waals surface area contributed by atoms with Crippen molar-refractivity contribution in [2.45, 2.75) is 32.7 Å². The molecule has 2 N–H and O–H groups in total. The Kier molecular flexibility index (Phi) is 9.09. The summed E-state index contributed by atoms with van der Waals surface area (Å²) in [5, 5.41) is 0. The van der Waals surface area contributed by atoms with Crippen LogP contribution in [0.4, 0.5) is 4.39 Å². The molecule has 1 aromatic rings. The van der Waals surface area contributed by atoms with Crippen molar-refractivity contribution in [1.29, 1.82) is 0 Å². The van der Waals surface area contributed by atoms with E-state index in [0.717, 1.165) is 12.0 Å². The van der Waals surface area contributed by atoms with Crippen LogP contribution in [0.3, 0.4) is 0 Å². The predicted octanol–water partition coefficient (Wildman–Crippen LogP) is 3.38. The number of nitrogens with zero attached hydrogens (tertiary/aromatic N) is 1. The summed E-state index contributed by atoms with van der Waals surface area (Å²) in [6, 6.07) is 4.73. The molecule has 0 spiro atoms. The first-order valence-electron chi connectivity index (χ1n) is 6.74. The summed E-state index contributed by atoms with van der Waals surface area (Å²) >= 11 is 3.12. The fourth-order valence-electron chi connectivity index (χ4n) is 1.76. The highest BCUT2D eigenvalue weighted by molar-refractivity contribution is 9.10. The van der Waals surface area contributed by atoms with Crippen LogP contribution in [-0.2, 0) is 11.2 Å². The topological polar surface area (TPSA) is 46.3 Å². The van der Waals surface area contributed by atoms with E-state index in [2.05, 4.69) is 29.8 Å². The standard InChI is InChI=1S/C15H22BrFN2O.ClH/c1-10(2)14(18)6-7-19(3)15(20)9-11-4-5-13(17)12(16)8-11;/h4-5,8,10,14H,6-7,9,18H2,1-3H3;1H. The van der Waals surface area contributed by atoms with Gasteiger partial charge < -0.3 is 10.6 Å². The van der Waals surface area contributed by atoms with Gasteiger partial charge in [0, 0.05) is 19.6 Å². The van der Waals surface area contributed by atoms with Crippen LogP contribution in [0, 0.1) is 11.7 Å². The molecule has 3 nitrogen and oxygen atoms in total. The van der Waals surface area contributed by atoms with E-state index in [9.17, 15) is 9.18 Å². The maximum Gasteiger partial charge on any atom is 0.226 e. The molecular formula is C15H23BrClFN2O. The van der Waals surface area contributed by atoms with Gasteiger partial charge in [-0.1, -0.05) is 19.9 Å². The molecule has 1 rings (SSSR count). The predicted molar refractivity (Wildman–Crippen MR) is 90.1 cm³/mol. The second-order valence-electron chi connectivity index (χ2n) is 5.44. The number of rotatable bonds is 6. The van der Waals surface area contributed by atoms with Crippen LogP contribution in [0.5, 0.6) is 0 Å². The summed E-state index contributed by atoms with van der Waals surface area (Å²) in [5.74, 6) is 0.100. The second kappa shape index (κ2) is 9.38. The Bertz CT molecular complexity index is 471. The Balaban J connectivity index is 0.00000400. The average molecular weight is 382 g/mol. The summed E-state index contributed by atoms with van der Waals surface area (Å²) < 4.78 is 13.5. The molecule has 21 heavy (non-hydrogen) atoms. The lowest BCUT2D eigenvalue weighted by atomic mass is 10.0. The third kappa shape index (κ3) is 6.76. The highest BCUT2D eigenvalue weighted by Gasteiger charge is 2.13. The molecule has 1 unspecified atom stereocenters. The Hall–Kier alpha value is -0.650. The van der Waals surface area contributed by atoms with Crippen molar-refractivity contribution in [2.24, 2.45) is 11.7 Å². The van der Waals surface area contributed by atoms with Gasteiger partial charge in [-0.15, -0.1) is 12.4 Å². The summed E-state index contributed by atoms with van der Waals surface area (Å²) in [5.41, 5.74) is 6.76. The fraction of sp³-hybridized carbons (Fsp3) is 0.533. The van der Waals surface area contributed by atoms with Gasteiger partial charge in [0.1, 0.15) is 5.82 Å². The van der Waals surface area contributed by atoms with Crippen LogP contribution < -0.4 is 5.73 Å². The van der Waals surface area contributed by atoms with Gasteiger partial charge in [-0.25, -0.2) is 4.39 Å². The van der Waals surface area contributed by atoms with Crippen LogP contribution in [-0.4, -0.2) is 30.4 Å². The van der Waals surface area contributed by atoms with Crippen LogP contribution in [0.2, 0.25) is 0 Å². The molecule has 0 saturated carbocycles. The Morgan fingerprint density at radius 2 is 2.05 bits per heavy atom. The molecule has 0 aliphatic carbocycles. The zero-order valence-corrected chi connectivity index (χ0v) is 15.0. The first-order valence-corrected chi connectivity index (χ1v) is 7.54. The van der Waals surface area contributed by atoms with Crippen molar-refractivity contribution >= 4 is 34.2 Å². The number of carbonyl (C=O) groups excluding carboxylic acids is 1. The lowest BCUT2D eigenvalue weighted by Crippen LogP contribution is -2.35. The number of amides is 1. The van der Waals surface area contributed by atoms with Crippen molar-refractivity contribution in [1.82, 2.24) is 4.90 Å². The molecule has 0 radical (unpaired) electrons. The number of likely N-dealkylation sites (N-methyl/N-ethyl adjacent to an activating group) is 1. The lowest BCUT2D eigenvalue weighted by Gasteiger charge is -2.21. The van der Waals surface area contributed by atoms with Crippen molar-refractivity contribution < 1.29 is 9.18 Å². The minimum atomic E-state index is -0.322. The molecular weight excluding hydrogens is 359 g/mol. The van der Waals surface area contributed by atoms with E-state index >= 15 is 0 Å². The van der Waals surface area contributed by atoms with Gasteiger partial charge in [-0.2, -0.15) is 0 Å². The van der Waals surface area contributed by atoms with E-state index in [1.54, 1.807) is 24.1 Å². The van der Waals surface area contributed by atoms with Gasteiger partial charge in [0.25, 0.3) is 0 Å². The number of nitrogens with two attached hydrogens (primary N) is 1. The largest absolute Gasteiger partial charge is 0.345 e. The van der Waals surface area contributed by atoms with E-state index in [4.69, 9.17) is 5.73 Å². The Morgan fingerprint density at radius 1 is 1.43 bits per heavy atom. The molecule has 0 heterocycles. The smallest absolute Gasteiger partial charge is 0.226 e. The average Bonchev–Trinajstić information content (AvgIpc) is 2.39. The summed E-state index contributed by atoms with van der Waals surface area (Å²) in [7, 11) is 1.77. The third-order valence-corrected chi connectivity index (χ3v) is 4.03. The van der Waals surface area contributed by atoms with Gasteiger partial charge in [-0.05, 0) is 46.0 Å². The van der Waals surface area contributed by atoms with Gasteiger partial charge in [0.15, 0.2) is 0 Å². The molecule has 1 aromatic carbocycles. The molecule has 0 bridgehead atoms. The van der Waals surface area contributed by atoms with Gasteiger partial charge in [0.05, 0.1) is 10.9 Å². The Labute approximate surface area is 140 Å². The van der Waals surface area contributed by atoms with E-state index < -0.39 is 0 Å². The number of carbonyl (C=O) groups is 1. The maximum atomic E-state index is 13.1. The number of halogens is 3. The molecule has 6 heteroatoms. The fourth-order valence-corrected chi connectivity index (χ4v) is 2.19. The molecule has 0 aromatic heterocycles. The monoisotopic (exact) mass is 380 g/mol. The summed E-state index contributed by atoms with van der Waals surface area (Å²) in [6.07, 6.45) is 1.05. The van der Waals surface area contributed by atoms with Crippen LogP contribution in [0.1, 0.15) is 25.8 Å². The van der Waals surface area contributed by atoms with Gasteiger partial charge >= 0.3 is 0 Å². The minimum absolute atomic E-state index is 0. The van der Waals surface area contributed by atoms with E-state index in [1.807, 2.05) is 0 Å². The lowest BCUT2D eigenvalue weighted by molar-refractivity contribution is -0.129. The van der Waals surface area contributed by atoms with Gasteiger partial charge in [0.2, 0.25) is 5.91 Å².